The Bertz CT molecular complexity index is 650. The van der Waals surface area contributed by atoms with Gasteiger partial charge >= 0.3 is 5.97 Å². The zero-order valence-electron chi connectivity index (χ0n) is 11.6. The van der Waals surface area contributed by atoms with Gasteiger partial charge in [-0.15, -0.1) is 0 Å². The van der Waals surface area contributed by atoms with Crippen molar-refractivity contribution in [2.24, 2.45) is 0 Å². The summed E-state index contributed by atoms with van der Waals surface area (Å²) >= 11 is 0. The number of aromatic nitrogens is 1. The van der Waals surface area contributed by atoms with Crippen molar-refractivity contribution >= 4 is 5.97 Å². The molecule has 0 amide bonds. The van der Waals surface area contributed by atoms with Crippen LogP contribution in [0, 0.1) is 0 Å². The molecule has 1 aliphatic rings. The van der Waals surface area contributed by atoms with Gasteiger partial charge in [-0.2, -0.15) is 0 Å². The fourth-order valence-electron chi connectivity index (χ4n) is 2.24. The summed E-state index contributed by atoms with van der Waals surface area (Å²) in [5.41, 5.74) is 3.17. The molecule has 0 radical (unpaired) electrons. The van der Waals surface area contributed by atoms with Gasteiger partial charge in [-0.05, 0) is 17.7 Å². The van der Waals surface area contributed by atoms with E-state index in [1.807, 2.05) is 24.3 Å². The third-order valence-electron chi connectivity index (χ3n) is 3.27. The predicted octanol–water partition coefficient (Wildman–Crippen LogP) is 2.58. The Labute approximate surface area is 122 Å². The zero-order chi connectivity index (χ0) is 14.7. The van der Waals surface area contributed by atoms with E-state index in [1.54, 1.807) is 12.3 Å². The number of ether oxygens (including phenoxy) is 3. The summed E-state index contributed by atoms with van der Waals surface area (Å²) in [5.74, 6) is -0.400. The van der Waals surface area contributed by atoms with Gasteiger partial charge in [0.15, 0.2) is 6.29 Å². The largest absolute Gasteiger partial charge is 0.465 e. The van der Waals surface area contributed by atoms with Crippen molar-refractivity contribution in [3.8, 4) is 11.1 Å². The minimum absolute atomic E-state index is 0.318. The highest BCUT2D eigenvalue weighted by molar-refractivity contribution is 5.90. The molecular weight excluding hydrogens is 270 g/mol. The van der Waals surface area contributed by atoms with Crippen molar-refractivity contribution < 1.29 is 19.0 Å². The van der Waals surface area contributed by atoms with Crippen molar-refractivity contribution in [1.82, 2.24) is 4.98 Å². The third kappa shape index (κ3) is 2.94. The van der Waals surface area contributed by atoms with Crippen LogP contribution in [0.4, 0.5) is 0 Å². The van der Waals surface area contributed by atoms with Crippen molar-refractivity contribution in [3.63, 3.8) is 0 Å². The normalized spacial score (nSPS) is 15.1. The van der Waals surface area contributed by atoms with Crippen LogP contribution in [0.15, 0.2) is 42.7 Å². The first-order valence-electron chi connectivity index (χ1n) is 6.65. The second-order valence-electron chi connectivity index (χ2n) is 4.65. The van der Waals surface area contributed by atoms with Crippen LogP contribution in [-0.4, -0.2) is 31.3 Å². The summed E-state index contributed by atoms with van der Waals surface area (Å²) in [6.07, 6.45) is 2.88. The van der Waals surface area contributed by atoms with E-state index in [0.29, 0.717) is 18.8 Å². The number of hydrogen-bond donors (Lipinski definition) is 0. The zero-order valence-corrected chi connectivity index (χ0v) is 11.6. The molecule has 5 nitrogen and oxygen atoms in total. The predicted molar refractivity (Wildman–Crippen MR) is 75.7 cm³/mol. The van der Waals surface area contributed by atoms with Gasteiger partial charge in [0.25, 0.3) is 0 Å². The van der Waals surface area contributed by atoms with Crippen molar-refractivity contribution in [1.29, 1.82) is 0 Å². The van der Waals surface area contributed by atoms with Crippen LogP contribution in [0.3, 0.4) is 0 Å². The monoisotopic (exact) mass is 285 g/mol. The van der Waals surface area contributed by atoms with E-state index in [4.69, 9.17) is 14.2 Å². The Hall–Kier alpha value is -2.24. The molecule has 0 bridgehead atoms. The molecule has 0 N–H and O–H groups in total. The van der Waals surface area contributed by atoms with E-state index in [-0.39, 0.29) is 6.29 Å². The maximum absolute atomic E-state index is 11.6. The third-order valence-corrected chi connectivity index (χ3v) is 3.27. The number of benzene rings is 1. The van der Waals surface area contributed by atoms with Gasteiger partial charge in [-0.3, -0.25) is 4.98 Å². The molecule has 2 heterocycles. The van der Waals surface area contributed by atoms with E-state index >= 15 is 0 Å². The summed E-state index contributed by atoms with van der Waals surface area (Å²) in [5, 5.41) is 0. The minimum Gasteiger partial charge on any atom is -0.465 e. The maximum Gasteiger partial charge on any atom is 0.339 e. The first kappa shape index (κ1) is 13.7. The molecule has 0 spiro atoms. The lowest BCUT2D eigenvalue weighted by Crippen LogP contribution is -2.02. The highest BCUT2D eigenvalue weighted by atomic mass is 16.7. The molecule has 21 heavy (non-hydrogen) atoms. The number of pyridine rings is 1. The van der Waals surface area contributed by atoms with E-state index in [2.05, 4.69) is 4.98 Å². The van der Waals surface area contributed by atoms with Gasteiger partial charge in [-0.1, -0.05) is 18.2 Å². The lowest BCUT2D eigenvalue weighted by molar-refractivity contribution is -0.0440. The first-order chi connectivity index (χ1) is 10.3. The minimum atomic E-state index is -0.400. The van der Waals surface area contributed by atoms with Gasteiger partial charge in [0.05, 0.1) is 25.9 Å². The number of hydrogen-bond acceptors (Lipinski definition) is 5. The molecule has 3 rings (SSSR count). The average Bonchev–Trinajstić information content (AvgIpc) is 3.09. The van der Waals surface area contributed by atoms with Crippen LogP contribution in [0.25, 0.3) is 11.1 Å². The molecule has 1 aromatic heterocycles. The second-order valence-corrected chi connectivity index (χ2v) is 4.65. The highest BCUT2D eigenvalue weighted by Gasteiger charge is 2.18. The average molecular weight is 285 g/mol. The smallest absolute Gasteiger partial charge is 0.339 e. The van der Waals surface area contributed by atoms with E-state index in [9.17, 15) is 4.79 Å². The van der Waals surface area contributed by atoms with Gasteiger partial charge in [0.1, 0.15) is 0 Å². The lowest BCUT2D eigenvalue weighted by atomic mass is 10.0. The Balaban J connectivity index is 1.93. The quantitative estimate of drug-likeness (QED) is 0.811. The summed E-state index contributed by atoms with van der Waals surface area (Å²) < 4.78 is 15.7. The molecule has 5 heteroatoms. The first-order valence-corrected chi connectivity index (χ1v) is 6.65. The molecule has 0 atom stereocenters. The summed E-state index contributed by atoms with van der Waals surface area (Å²) in [6, 6.07) is 9.58. The molecule has 1 saturated heterocycles. The molecular formula is C16H15NO4. The second kappa shape index (κ2) is 6.03. The van der Waals surface area contributed by atoms with Crippen LogP contribution >= 0.6 is 0 Å². The summed E-state index contributed by atoms with van der Waals surface area (Å²) in [4.78, 5) is 15.7. The molecule has 1 aromatic carbocycles. The molecule has 1 aliphatic heterocycles. The molecule has 0 aliphatic carbocycles. The van der Waals surface area contributed by atoms with E-state index in [0.717, 1.165) is 16.7 Å². The van der Waals surface area contributed by atoms with E-state index in [1.165, 1.54) is 13.3 Å². The molecule has 1 fully saturated rings. The van der Waals surface area contributed by atoms with Crippen LogP contribution in [0.5, 0.6) is 0 Å². The summed E-state index contributed by atoms with van der Waals surface area (Å²) in [7, 11) is 1.35. The SMILES string of the molecule is COC(=O)c1cncc(-c2cccc(C3OCCO3)c2)c1. The number of carbonyl (C=O) groups is 1. The lowest BCUT2D eigenvalue weighted by Gasteiger charge is -2.11. The Morgan fingerprint density at radius 2 is 2.00 bits per heavy atom. The van der Waals surface area contributed by atoms with Crippen molar-refractivity contribution in [3.05, 3.63) is 53.9 Å². The van der Waals surface area contributed by atoms with Crippen LogP contribution < -0.4 is 0 Å². The standard InChI is InChI=1S/C16H15NO4/c1-19-15(18)14-8-13(9-17-10-14)11-3-2-4-12(7-11)16-20-5-6-21-16/h2-4,7-10,16H,5-6H2,1H3. The molecule has 2 aromatic rings. The van der Waals surface area contributed by atoms with Gasteiger partial charge < -0.3 is 14.2 Å². The molecule has 108 valence electrons. The fraction of sp³-hybridized carbons (Fsp3) is 0.250. The Morgan fingerprint density at radius 1 is 1.19 bits per heavy atom. The topological polar surface area (TPSA) is 57.7 Å². The van der Waals surface area contributed by atoms with Gasteiger partial charge in [0.2, 0.25) is 0 Å². The van der Waals surface area contributed by atoms with Crippen LogP contribution in [0.1, 0.15) is 22.2 Å². The number of nitrogens with zero attached hydrogens (tertiary/aromatic N) is 1. The van der Waals surface area contributed by atoms with Crippen LogP contribution in [0.2, 0.25) is 0 Å². The summed E-state index contributed by atoms with van der Waals surface area (Å²) in [6.45, 7) is 1.21. The maximum atomic E-state index is 11.6. The number of esters is 1. The Morgan fingerprint density at radius 3 is 2.76 bits per heavy atom. The molecule has 0 unspecified atom stereocenters. The van der Waals surface area contributed by atoms with Crippen molar-refractivity contribution in [2.45, 2.75) is 6.29 Å². The fourth-order valence-corrected chi connectivity index (χ4v) is 2.24. The molecule has 0 saturated carbocycles. The van der Waals surface area contributed by atoms with Gasteiger partial charge in [-0.25, -0.2) is 4.79 Å². The van der Waals surface area contributed by atoms with Crippen LogP contribution in [-0.2, 0) is 14.2 Å². The number of carbonyl (C=O) groups excluding carboxylic acids is 1. The van der Waals surface area contributed by atoms with Crippen molar-refractivity contribution in [2.75, 3.05) is 20.3 Å². The number of methoxy groups -OCH3 is 1. The highest BCUT2D eigenvalue weighted by Crippen LogP contribution is 2.27. The Kier molecular flexibility index (Phi) is 3.94. The van der Waals surface area contributed by atoms with E-state index < -0.39 is 5.97 Å². The van der Waals surface area contributed by atoms with Gasteiger partial charge in [0, 0.05) is 23.5 Å². The number of rotatable bonds is 3.